The first kappa shape index (κ1) is 11.8. The summed E-state index contributed by atoms with van der Waals surface area (Å²) in [5.74, 6) is 0.359. The van der Waals surface area contributed by atoms with Crippen molar-refractivity contribution in [1.29, 1.82) is 0 Å². The first-order valence-electron chi connectivity index (χ1n) is 5.00. The van der Waals surface area contributed by atoms with E-state index in [1.165, 1.54) is 12.1 Å². The van der Waals surface area contributed by atoms with Crippen molar-refractivity contribution in [1.82, 2.24) is 9.97 Å². The molecule has 0 fully saturated rings. The molecule has 0 N–H and O–H groups in total. The fourth-order valence-corrected chi connectivity index (χ4v) is 1.57. The van der Waals surface area contributed by atoms with Gasteiger partial charge < -0.3 is 4.74 Å². The zero-order valence-corrected chi connectivity index (χ0v) is 10.1. The van der Waals surface area contributed by atoms with Gasteiger partial charge in [0.15, 0.2) is 0 Å². The van der Waals surface area contributed by atoms with E-state index in [1.54, 1.807) is 19.1 Å². The zero-order valence-electron chi connectivity index (χ0n) is 9.37. The minimum absolute atomic E-state index is 0.106. The van der Waals surface area contributed by atoms with Gasteiger partial charge in [-0.15, -0.1) is 0 Å². The first-order valence-corrected chi connectivity index (χ1v) is 5.37. The van der Waals surface area contributed by atoms with E-state index >= 15 is 0 Å². The summed E-state index contributed by atoms with van der Waals surface area (Å²) in [5, 5.41) is 0.106. The fraction of sp³-hybridized carbons (Fsp3) is 0.167. The standard InChI is InChI=1S/C12H10ClFN2O/c1-7-3-4-9(14)6-10(7)17-11-5-8(2)15-12(13)16-11/h3-6H,1-2H3. The molecular weight excluding hydrogens is 243 g/mol. The first-order chi connectivity index (χ1) is 8.04. The molecule has 0 atom stereocenters. The molecule has 0 saturated heterocycles. The molecule has 0 spiro atoms. The summed E-state index contributed by atoms with van der Waals surface area (Å²) in [6.45, 7) is 3.60. The van der Waals surface area contributed by atoms with E-state index in [1.807, 2.05) is 6.92 Å². The molecule has 0 aliphatic rings. The lowest BCUT2D eigenvalue weighted by atomic mass is 10.2. The second-order valence-electron chi connectivity index (χ2n) is 3.63. The highest BCUT2D eigenvalue weighted by Crippen LogP contribution is 2.25. The second kappa shape index (κ2) is 4.67. The quantitative estimate of drug-likeness (QED) is 0.765. The van der Waals surface area contributed by atoms with Crippen LogP contribution in [0.5, 0.6) is 11.6 Å². The third-order valence-corrected chi connectivity index (χ3v) is 2.34. The normalized spacial score (nSPS) is 10.4. The number of rotatable bonds is 2. The Hall–Kier alpha value is -1.68. The average Bonchev–Trinajstić information content (AvgIpc) is 2.22. The lowest BCUT2D eigenvalue weighted by Gasteiger charge is -2.08. The second-order valence-corrected chi connectivity index (χ2v) is 3.97. The summed E-state index contributed by atoms with van der Waals surface area (Å²) in [6.07, 6.45) is 0. The van der Waals surface area contributed by atoms with E-state index in [4.69, 9.17) is 16.3 Å². The Morgan fingerprint density at radius 2 is 1.94 bits per heavy atom. The molecule has 88 valence electrons. The summed E-state index contributed by atoms with van der Waals surface area (Å²) in [7, 11) is 0. The van der Waals surface area contributed by atoms with E-state index < -0.39 is 0 Å². The predicted octanol–water partition coefficient (Wildman–Crippen LogP) is 3.68. The molecule has 0 radical (unpaired) electrons. The molecular formula is C12H10ClFN2O. The maximum absolute atomic E-state index is 13.1. The van der Waals surface area contributed by atoms with Gasteiger partial charge in [0.2, 0.25) is 11.2 Å². The number of hydrogen-bond acceptors (Lipinski definition) is 3. The van der Waals surface area contributed by atoms with Crippen molar-refractivity contribution in [2.75, 3.05) is 0 Å². The topological polar surface area (TPSA) is 35.0 Å². The Kier molecular flexibility index (Phi) is 3.24. The number of aryl methyl sites for hydroxylation is 2. The van der Waals surface area contributed by atoms with Gasteiger partial charge in [0.25, 0.3) is 0 Å². The maximum atomic E-state index is 13.1. The number of aromatic nitrogens is 2. The molecule has 0 aliphatic heterocycles. The highest BCUT2D eigenvalue weighted by atomic mass is 35.5. The largest absolute Gasteiger partial charge is 0.438 e. The van der Waals surface area contributed by atoms with Crippen molar-refractivity contribution in [2.45, 2.75) is 13.8 Å². The zero-order chi connectivity index (χ0) is 12.4. The van der Waals surface area contributed by atoms with Gasteiger partial charge in [-0.2, -0.15) is 4.98 Å². The Bertz CT molecular complexity index is 540. The molecule has 1 aromatic carbocycles. The van der Waals surface area contributed by atoms with E-state index in [0.717, 1.165) is 5.56 Å². The summed E-state index contributed by atoms with van der Waals surface area (Å²) in [5.41, 5.74) is 1.51. The van der Waals surface area contributed by atoms with Crippen LogP contribution in [0, 0.1) is 19.7 Å². The van der Waals surface area contributed by atoms with Gasteiger partial charge in [-0.1, -0.05) is 6.07 Å². The molecule has 3 nitrogen and oxygen atoms in total. The minimum atomic E-state index is -0.359. The van der Waals surface area contributed by atoms with Gasteiger partial charge in [-0.3, -0.25) is 0 Å². The molecule has 2 aromatic rings. The minimum Gasteiger partial charge on any atom is -0.438 e. The molecule has 0 unspecified atom stereocenters. The lowest BCUT2D eigenvalue weighted by molar-refractivity contribution is 0.452. The van der Waals surface area contributed by atoms with Gasteiger partial charge in [-0.25, -0.2) is 9.37 Å². The molecule has 5 heteroatoms. The predicted molar refractivity (Wildman–Crippen MR) is 63.0 cm³/mol. The van der Waals surface area contributed by atoms with Gasteiger partial charge in [0.1, 0.15) is 11.6 Å². The van der Waals surface area contributed by atoms with Crippen molar-refractivity contribution >= 4 is 11.6 Å². The molecule has 1 aromatic heterocycles. The molecule has 0 bridgehead atoms. The van der Waals surface area contributed by atoms with Crippen LogP contribution in [-0.4, -0.2) is 9.97 Å². The molecule has 0 amide bonds. The van der Waals surface area contributed by atoms with Crippen LogP contribution in [0.2, 0.25) is 5.28 Å². The van der Waals surface area contributed by atoms with Crippen LogP contribution in [-0.2, 0) is 0 Å². The Balaban J connectivity index is 2.34. The van der Waals surface area contributed by atoms with E-state index in [0.29, 0.717) is 17.3 Å². The maximum Gasteiger partial charge on any atom is 0.225 e. The number of nitrogens with zero attached hydrogens (tertiary/aromatic N) is 2. The van der Waals surface area contributed by atoms with Crippen LogP contribution in [0.3, 0.4) is 0 Å². The van der Waals surface area contributed by atoms with Crippen LogP contribution in [0.1, 0.15) is 11.3 Å². The van der Waals surface area contributed by atoms with Crippen LogP contribution >= 0.6 is 11.6 Å². The number of halogens is 2. The van der Waals surface area contributed by atoms with Crippen LogP contribution in [0.4, 0.5) is 4.39 Å². The number of hydrogen-bond donors (Lipinski definition) is 0. The van der Waals surface area contributed by atoms with Gasteiger partial charge in [0.05, 0.1) is 0 Å². The van der Waals surface area contributed by atoms with Crippen molar-refractivity contribution in [3.05, 3.63) is 46.6 Å². The fourth-order valence-electron chi connectivity index (χ4n) is 1.35. The van der Waals surface area contributed by atoms with Crippen LogP contribution in [0.15, 0.2) is 24.3 Å². The summed E-state index contributed by atoms with van der Waals surface area (Å²) >= 11 is 5.71. The molecule has 17 heavy (non-hydrogen) atoms. The lowest BCUT2D eigenvalue weighted by Crippen LogP contribution is -1.94. The molecule has 0 saturated carbocycles. The van der Waals surface area contributed by atoms with E-state index in [2.05, 4.69) is 9.97 Å². The van der Waals surface area contributed by atoms with Crippen molar-refractivity contribution in [2.24, 2.45) is 0 Å². The van der Waals surface area contributed by atoms with Gasteiger partial charge in [-0.05, 0) is 37.1 Å². The number of benzene rings is 1. The summed E-state index contributed by atoms with van der Waals surface area (Å²) < 4.78 is 18.5. The van der Waals surface area contributed by atoms with Gasteiger partial charge in [0, 0.05) is 17.8 Å². The van der Waals surface area contributed by atoms with Crippen molar-refractivity contribution in [3.8, 4) is 11.6 Å². The highest BCUT2D eigenvalue weighted by Gasteiger charge is 2.06. The SMILES string of the molecule is Cc1cc(Oc2cc(F)ccc2C)nc(Cl)n1. The number of ether oxygens (including phenoxy) is 1. The Labute approximate surface area is 103 Å². The van der Waals surface area contributed by atoms with Gasteiger partial charge >= 0.3 is 0 Å². The van der Waals surface area contributed by atoms with Crippen molar-refractivity contribution in [3.63, 3.8) is 0 Å². The summed E-state index contributed by atoms with van der Waals surface area (Å²) in [4.78, 5) is 7.83. The van der Waals surface area contributed by atoms with Crippen LogP contribution in [0.25, 0.3) is 0 Å². The van der Waals surface area contributed by atoms with E-state index in [-0.39, 0.29) is 11.1 Å². The van der Waals surface area contributed by atoms with Crippen molar-refractivity contribution < 1.29 is 9.13 Å². The molecule has 0 aliphatic carbocycles. The molecule has 1 heterocycles. The van der Waals surface area contributed by atoms with E-state index in [9.17, 15) is 4.39 Å². The highest BCUT2D eigenvalue weighted by molar-refractivity contribution is 6.28. The third kappa shape index (κ3) is 2.91. The molecule has 2 rings (SSSR count). The Morgan fingerprint density at radius 1 is 1.18 bits per heavy atom. The average molecular weight is 253 g/mol. The Morgan fingerprint density at radius 3 is 2.65 bits per heavy atom. The third-order valence-electron chi connectivity index (χ3n) is 2.17. The summed E-state index contributed by atoms with van der Waals surface area (Å²) in [6, 6.07) is 5.96. The van der Waals surface area contributed by atoms with Crippen LogP contribution < -0.4 is 4.74 Å². The smallest absolute Gasteiger partial charge is 0.225 e. The monoisotopic (exact) mass is 252 g/mol.